The molecule has 0 aliphatic heterocycles. The number of rotatable bonds is 5. The molecule has 0 radical (unpaired) electrons. The summed E-state index contributed by atoms with van der Waals surface area (Å²) in [6.07, 6.45) is 0. The van der Waals surface area contributed by atoms with Gasteiger partial charge in [0.1, 0.15) is 18.8 Å². The molecule has 13 heavy (non-hydrogen) atoms. The van der Waals surface area contributed by atoms with Gasteiger partial charge in [0, 0.05) is 0 Å². The number of carbonyl (C=O) groups excluding carboxylic acids is 1. The molecule has 0 atom stereocenters. The van der Waals surface area contributed by atoms with Crippen LogP contribution in [0.2, 0.25) is 0 Å². The van der Waals surface area contributed by atoms with Gasteiger partial charge in [-0.1, -0.05) is 0 Å². The van der Waals surface area contributed by atoms with Gasteiger partial charge >= 0.3 is 5.97 Å². The first-order chi connectivity index (χ1) is 5.95. The first kappa shape index (κ1) is 12.3. The summed E-state index contributed by atoms with van der Waals surface area (Å²) >= 11 is 0. The van der Waals surface area contributed by atoms with Crippen LogP contribution in [0.25, 0.3) is 0 Å². The second-order valence-corrected chi connectivity index (χ2v) is 3.47. The van der Waals surface area contributed by atoms with Gasteiger partial charge in [0.05, 0.1) is 6.61 Å². The fraction of sp³-hybridized carbons (Fsp3) is 0.875. The molecule has 0 aromatic carbocycles. The molecule has 0 aliphatic rings. The third-order valence-electron chi connectivity index (χ3n) is 0.959. The lowest BCUT2D eigenvalue weighted by molar-refractivity contribution is -0.249. The highest BCUT2D eigenvalue weighted by Gasteiger charge is 2.15. The van der Waals surface area contributed by atoms with Gasteiger partial charge in [-0.25, -0.2) is 9.68 Å². The molecule has 0 saturated carbocycles. The van der Waals surface area contributed by atoms with Crippen LogP contribution in [-0.2, 0) is 19.2 Å². The molecule has 0 amide bonds. The fourth-order valence-corrected chi connectivity index (χ4v) is 0.623. The molecule has 0 fully saturated rings. The molecule has 1 N–H and O–H groups in total. The molecule has 0 spiro atoms. The van der Waals surface area contributed by atoms with Crippen LogP contribution in [0.15, 0.2) is 0 Å². The monoisotopic (exact) mass is 192 g/mol. The van der Waals surface area contributed by atoms with E-state index in [0.717, 1.165) is 0 Å². The highest BCUT2D eigenvalue weighted by atomic mass is 17.1. The van der Waals surface area contributed by atoms with E-state index < -0.39 is 11.6 Å². The summed E-state index contributed by atoms with van der Waals surface area (Å²) in [4.78, 5) is 14.7. The van der Waals surface area contributed by atoms with Gasteiger partial charge in [-0.05, 0) is 20.8 Å². The Balaban J connectivity index is 3.41. The average Bonchev–Trinajstić information content (AvgIpc) is 1.94. The normalized spacial score (nSPS) is 11.4. The maximum Gasteiger partial charge on any atom is 0.332 e. The SMILES string of the molecule is CC(C)(C)OC(=O)COCCOO. The van der Waals surface area contributed by atoms with E-state index in [1.54, 1.807) is 20.8 Å². The van der Waals surface area contributed by atoms with Gasteiger partial charge in [-0.3, -0.25) is 5.26 Å². The van der Waals surface area contributed by atoms with Crippen molar-refractivity contribution in [1.29, 1.82) is 0 Å². The maximum atomic E-state index is 11.0. The lowest BCUT2D eigenvalue weighted by Crippen LogP contribution is -2.26. The minimum atomic E-state index is -0.492. The summed E-state index contributed by atoms with van der Waals surface area (Å²) < 4.78 is 9.77. The number of esters is 1. The van der Waals surface area contributed by atoms with Crippen molar-refractivity contribution in [2.24, 2.45) is 0 Å². The number of ether oxygens (including phenoxy) is 2. The summed E-state index contributed by atoms with van der Waals surface area (Å²) in [6, 6.07) is 0. The molecule has 0 unspecified atom stereocenters. The molecular formula is C8H16O5. The first-order valence-electron chi connectivity index (χ1n) is 4.01. The Bertz CT molecular complexity index is 149. The fourth-order valence-electron chi connectivity index (χ4n) is 0.623. The van der Waals surface area contributed by atoms with Crippen LogP contribution in [-0.4, -0.2) is 36.6 Å². The highest BCUT2D eigenvalue weighted by Crippen LogP contribution is 2.06. The van der Waals surface area contributed by atoms with Gasteiger partial charge in [-0.2, -0.15) is 0 Å². The third-order valence-corrected chi connectivity index (χ3v) is 0.959. The lowest BCUT2D eigenvalue weighted by Gasteiger charge is -2.19. The predicted octanol–water partition coefficient (Wildman–Crippen LogP) is 0.834. The largest absolute Gasteiger partial charge is 0.458 e. The molecule has 0 saturated heterocycles. The predicted molar refractivity (Wildman–Crippen MR) is 45.2 cm³/mol. The minimum Gasteiger partial charge on any atom is -0.458 e. The van der Waals surface area contributed by atoms with Gasteiger partial charge in [0.25, 0.3) is 0 Å². The summed E-state index contributed by atoms with van der Waals surface area (Å²) in [5.41, 5.74) is -0.492. The molecule has 0 aromatic rings. The van der Waals surface area contributed by atoms with Crippen molar-refractivity contribution < 1.29 is 24.4 Å². The van der Waals surface area contributed by atoms with Crippen LogP contribution in [0.1, 0.15) is 20.8 Å². The zero-order chi connectivity index (χ0) is 10.3. The van der Waals surface area contributed by atoms with E-state index in [-0.39, 0.29) is 19.8 Å². The van der Waals surface area contributed by atoms with Crippen LogP contribution in [0.3, 0.4) is 0 Å². The summed E-state index contributed by atoms with van der Waals surface area (Å²) in [5, 5.41) is 7.92. The van der Waals surface area contributed by atoms with E-state index in [9.17, 15) is 4.79 Å². The second kappa shape index (κ2) is 5.90. The summed E-state index contributed by atoms with van der Waals surface area (Å²) in [7, 11) is 0. The van der Waals surface area contributed by atoms with Gasteiger partial charge in [0.15, 0.2) is 0 Å². The summed E-state index contributed by atoms with van der Waals surface area (Å²) in [5.74, 6) is -0.426. The average molecular weight is 192 g/mol. The lowest BCUT2D eigenvalue weighted by atomic mass is 10.2. The number of hydrogen-bond acceptors (Lipinski definition) is 5. The van der Waals surface area contributed by atoms with Gasteiger partial charge in [-0.15, -0.1) is 0 Å². The van der Waals surface area contributed by atoms with Crippen molar-refractivity contribution in [2.75, 3.05) is 19.8 Å². The van der Waals surface area contributed by atoms with Crippen LogP contribution < -0.4 is 0 Å². The quantitative estimate of drug-likeness (QED) is 0.302. The van der Waals surface area contributed by atoms with Crippen molar-refractivity contribution in [3.8, 4) is 0 Å². The summed E-state index contributed by atoms with van der Waals surface area (Å²) in [6.45, 7) is 5.42. The van der Waals surface area contributed by atoms with Crippen molar-refractivity contribution >= 4 is 5.97 Å². The Hall–Kier alpha value is -0.650. The third kappa shape index (κ3) is 9.26. The smallest absolute Gasteiger partial charge is 0.332 e. The molecule has 78 valence electrons. The molecule has 0 aliphatic carbocycles. The minimum absolute atomic E-state index is 0.0444. The van der Waals surface area contributed by atoms with Crippen molar-refractivity contribution in [2.45, 2.75) is 26.4 Å². The Kier molecular flexibility index (Phi) is 5.61. The van der Waals surface area contributed by atoms with Crippen molar-refractivity contribution in [3.63, 3.8) is 0 Å². The molecule has 0 aromatic heterocycles. The van der Waals surface area contributed by atoms with Crippen LogP contribution in [0.4, 0.5) is 0 Å². The number of carbonyl (C=O) groups is 1. The van der Waals surface area contributed by atoms with Gasteiger partial charge < -0.3 is 9.47 Å². The molecule has 0 bridgehead atoms. The molecule has 0 rings (SSSR count). The van der Waals surface area contributed by atoms with E-state index in [1.165, 1.54) is 0 Å². The maximum absolute atomic E-state index is 11.0. The van der Waals surface area contributed by atoms with Crippen LogP contribution >= 0.6 is 0 Å². The first-order valence-corrected chi connectivity index (χ1v) is 4.01. The van der Waals surface area contributed by atoms with Gasteiger partial charge in [0.2, 0.25) is 0 Å². The molecule has 5 nitrogen and oxygen atoms in total. The standard InChI is InChI=1S/C8H16O5/c1-8(2,3)13-7(9)6-11-4-5-12-10/h10H,4-6H2,1-3H3. The molecule has 5 heteroatoms. The highest BCUT2D eigenvalue weighted by molar-refractivity contribution is 5.71. The van der Waals surface area contributed by atoms with E-state index in [4.69, 9.17) is 14.7 Å². The van der Waals surface area contributed by atoms with E-state index in [2.05, 4.69) is 4.89 Å². The zero-order valence-corrected chi connectivity index (χ0v) is 8.20. The zero-order valence-electron chi connectivity index (χ0n) is 8.20. The van der Waals surface area contributed by atoms with E-state index in [0.29, 0.717) is 0 Å². The van der Waals surface area contributed by atoms with E-state index >= 15 is 0 Å². The second-order valence-electron chi connectivity index (χ2n) is 3.47. The topological polar surface area (TPSA) is 65.0 Å². The number of hydrogen-bond donors (Lipinski definition) is 1. The van der Waals surface area contributed by atoms with Crippen molar-refractivity contribution in [1.82, 2.24) is 0 Å². The van der Waals surface area contributed by atoms with Crippen LogP contribution in [0.5, 0.6) is 0 Å². The Morgan fingerprint density at radius 3 is 2.38 bits per heavy atom. The Morgan fingerprint density at radius 1 is 1.31 bits per heavy atom. The molecular weight excluding hydrogens is 176 g/mol. The molecule has 0 heterocycles. The van der Waals surface area contributed by atoms with E-state index in [1.807, 2.05) is 0 Å². The Morgan fingerprint density at radius 2 is 1.92 bits per heavy atom. The van der Waals surface area contributed by atoms with Crippen molar-refractivity contribution in [3.05, 3.63) is 0 Å². The Labute approximate surface area is 77.5 Å². The van der Waals surface area contributed by atoms with Crippen LogP contribution in [0, 0.1) is 0 Å².